The van der Waals surface area contributed by atoms with Crippen LogP contribution in [-0.4, -0.2) is 66.9 Å². The van der Waals surface area contributed by atoms with Gasteiger partial charge < -0.3 is 34.0 Å². The average Bonchev–Trinajstić information content (AvgIpc) is 3.36. The van der Waals surface area contributed by atoms with Crippen LogP contribution in [0.1, 0.15) is 24.3 Å². The van der Waals surface area contributed by atoms with E-state index < -0.39 is 11.8 Å². The summed E-state index contributed by atoms with van der Waals surface area (Å²) in [6.07, 6.45) is 1.06. The molecule has 1 aromatic heterocycles. The second-order valence-electron chi connectivity index (χ2n) is 7.06. The van der Waals surface area contributed by atoms with Gasteiger partial charge in [0.05, 0.1) is 32.8 Å². The van der Waals surface area contributed by atoms with Crippen molar-refractivity contribution in [1.29, 1.82) is 0 Å². The number of ether oxygens (including phenoxy) is 5. The van der Waals surface area contributed by atoms with Gasteiger partial charge in [0.1, 0.15) is 18.4 Å². The van der Waals surface area contributed by atoms with Crippen molar-refractivity contribution in [3.05, 3.63) is 30.1 Å². The van der Waals surface area contributed by atoms with Crippen molar-refractivity contribution in [1.82, 2.24) is 9.97 Å². The summed E-state index contributed by atoms with van der Waals surface area (Å²) in [6.45, 7) is 4.04. The quantitative estimate of drug-likeness (QED) is 0.437. The van der Waals surface area contributed by atoms with E-state index in [0.29, 0.717) is 28.9 Å². The van der Waals surface area contributed by atoms with E-state index in [4.69, 9.17) is 23.7 Å². The molecule has 1 saturated heterocycles. The molecule has 0 saturated carbocycles. The van der Waals surface area contributed by atoms with Crippen LogP contribution in [0.25, 0.3) is 0 Å². The number of aromatic amines is 1. The topological polar surface area (TPSA) is 121 Å². The zero-order valence-electron chi connectivity index (χ0n) is 17.7. The summed E-state index contributed by atoms with van der Waals surface area (Å²) in [5.74, 6) is -0.285. The van der Waals surface area contributed by atoms with Crippen molar-refractivity contribution >= 4 is 29.3 Å². The Hall–Kier alpha value is -2.76. The number of aromatic nitrogens is 2. The number of thioether (sulfide) groups is 1. The highest BCUT2D eigenvalue weighted by molar-refractivity contribution is 7.99. The Morgan fingerprint density at radius 3 is 2.74 bits per heavy atom. The summed E-state index contributed by atoms with van der Waals surface area (Å²) >= 11 is 1.16. The van der Waals surface area contributed by atoms with Gasteiger partial charge in [-0.25, -0.2) is 9.78 Å². The van der Waals surface area contributed by atoms with Crippen LogP contribution in [0.15, 0.2) is 29.6 Å². The highest BCUT2D eigenvalue weighted by atomic mass is 32.2. The van der Waals surface area contributed by atoms with E-state index in [1.807, 2.05) is 0 Å². The van der Waals surface area contributed by atoms with Crippen molar-refractivity contribution in [3.63, 3.8) is 0 Å². The van der Waals surface area contributed by atoms with Gasteiger partial charge in [-0.1, -0.05) is 11.8 Å². The lowest BCUT2D eigenvalue weighted by atomic mass is 10.2. The molecule has 0 spiro atoms. The van der Waals surface area contributed by atoms with Crippen LogP contribution in [0.3, 0.4) is 0 Å². The molecular weight excluding hydrogens is 426 g/mol. The summed E-state index contributed by atoms with van der Waals surface area (Å²) < 4.78 is 26.7. The summed E-state index contributed by atoms with van der Waals surface area (Å²) in [6, 6.07) is 5.09. The number of carbonyl (C=O) groups excluding carboxylic acids is 2. The Balaban J connectivity index is 1.45. The van der Waals surface area contributed by atoms with Crippen LogP contribution in [0, 0.1) is 0 Å². The second kappa shape index (κ2) is 10.0. The summed E-state index contributed by atoms with van der Waals surface area (Å²) in [4.78, 5) is 31.3. The zero-order valence-corrected chi connectivity index (χ0v) is 18.5. The van der Waals surface area contributed by atoms with Gasteiger partial charge >= 0.3 is 5.97 Å². The van der Waals surface area contributed by atoms with Crippen LogP contribution < -0.4 is 14.8 Å². The number of benzene rings is 1. The molecule has 10 nitrogen and oxygen atoms in total. The Bertz CT molecular complexity index is 931. The number of carbonyl (C=O) groups is 2. The molecule has 1 fully saturated rings. The van der Waals surface area contributed by atoms with Crippen molar-refractivity contribution in [2.24, 2.45) is 0 Å². The highest BCUT2D eigenvalue weighted by Crippen LogP contribution is 2.30. The first-order chi connectivity index (χ1) is 14.8. The number of amides is 1. The number of imidazole rings is 1. The normalized spacial score (nSPS) is 17.2. The first-order valence-electron chi connectivity index (χ1n) is 9.48. The van der Waals surface area contributed by atoms with E-state index >= 15 is 0 Å². The van der Waals surface area contributed by atoms with Gasteiger partial charge in [0.25, 0.3) is 0 Å². The maximum Gasteiger partial charge on any atom is 0.356 e. The molecule has 1 aliphatic rings. The fraction of sp³-hybridized carbons (Fsp3) is 0.450. The molecule has 2 aromatic rings. The largest absolute Gasteiger partial charge is 0.493 e. The number of nitrogens with zero attached hydrogens (tertiary/aromatic N) is 1. The zero-order chi connectivity index (χ0) is 22.4. The molecule has 1 amide bonds. The second-order valence-corrected chi connectivity index (χ2v) is 8.02. The Morgan fingerprint density at radius 2 is 2.06 bits per heavy atom. The third kappa shape index (κ3) is 6.36. The number of rotatable bonds is 9. The minimum absolute atomic E-state index is 0.0808. The monoisotopic (exact) mass is 451 g/mol. The van der Waals surface area contributed by atoms with Crippen LogP contribution >= 0.6 is 11.8 Å². The molecule has 3 rings (SSSR count). The third-order valence-electron chi connectivity index (χ3n) is 4.25. The molecule has 1 aliphatic heterocycles. The lowest BCUT2D eigenvalue weighted by Gasteiger charge is -2.16. The molecule has 1 atom stereocenters. The molecule has 0 bridgehead atoms. The number of esters is 1. The van der Waals surface area contributed by atoms with Crippen LogP contribution in [0.4, 0.5) is 5.69 Å². The van der Waals surface area contributed by atoms with Crippen molar-refractivity contribution in [2.45, 2.75) is 30.9 Å². The van der Waals surface area contributed by atoms with Crippen LogP contribution in [0.2, 0.25) is 0 Å². The number of H-pyrrole nitrogens is 1. The van der Waals surface area contributed by atoms with Crippen molar-refractivity contribution in [2.75, 3.05) is 38.5 Å². The summed E-state index contributed by atoms with van der Waals surface area (Å²) in [5.41, 5.74) is 0.772. The van der Waals surface area contributed by atoms with E-state index in [-0.39, 0.29) is 30.1 Å². The lowest BCUT2D eigenvalue weighted by molar-refractivity contribution is -0.142. The smallest absolute Gasteiger partial charge is 0.356 e. The van der Waals surface area contributed by atoms with E-state index in [1.165, 1.54) is 20.4 Å². The minimum Gasteiger partial charge on any atom is -0.493 e. The van der Waals surface area contributed by atoms with Crippen LogP contribution in [-0.2, 0) is 19.0 Å². The Kier molecular flexibility index (Phi) is 7.42. The highest BCUT2D eigenvalue weighted by Gasteiger charge is 2.33. The number of anilines is 1. The first kappa shape index (κ1) is 22.9. The molecule has 168 valence electrons. The predicted octanol–water partition coefficient (Wildman–Crippen LogP) is 2.47. The average molecular weight is 452 g/mol. The molecule has 11 heteroatoms. The number of hydrogen-bond acceptors (Lipinski definition) is 9. The predicted molar refractivity (Wildman–Crippen MR) is 113 cm³/mol. The molecule has 1 aromatic carbocycles. The van der Waals surface area contributed by atoms with Crippen molar-refractivity contribution in [3.8, 4) is 11.5 Å². The van der Waals surface area contributed by atoms with Gasteiger partial charge in [-0.05, 0) is 26.0 Å². The van der Waals surface area contributed by atoms with Gasteiger partial charge in [-0.15, -0.1) is 0 Å². The first-order valence-corrected chi connectivity index (χ1v) is 10.5. The molecule has 2 heterocycles. The number of nitrogens with one attached hydrogen (secondary N) is 2. The van der Waals surface area contributed by atoms with Gasteiger partial charge in [0.2, 0.25) is 5.91 Å². The van der Waals surface area contributed by atoms with E-state index in [1.54, 1.807) is 32.0 Å². The maximum atomic E-state index is 12.2. The summed E-state index contributed by atoms with van der Waals surface area (Å²) in [5, 5.41) is 3.20. The standard InChI is InChI=1S/C20H25N3O7S/c1-20(2)29-10-13(30-20)9-28-18(25)14-8-21-19(23-14)31-11-17(24)22-12-5-6-15(26-3)16(7-12)27-4/h5-8,13H,9-11H2,1-4H3,(H,21,23)(H,22,24). The van der Waals surface area contributed by atoms with E-state index in [2.05, 4.69) is 15.3 Å². The number of methoxy groups -OCH3 is 2. The summed E-state index contributed by atoms with van der Waals surface area (Å²) in [7, 11) is 3.06. The molecule has 2 N–H and O–H groups in total. The SMILES string of the molecule is COc1ccc(NC(=O)CSc2ncc(C(=O)OCC3COC(C)(C)O3)[nH]2)cc1OC. The Labute approximate surface area is 183 Å². The molecule has 0 aliphatic carbocycles. The van der Waals surface area contributed by atoms with Gasteiger partial charge in [-0.3, -0.25) is 4.79 Å². The molecule has 1 unspecified atom stereocenters. The van der Waals surface area contributed by atoms with Crippen molar-refractivity contribution < 1.29 is 33.3 Å². The fourth-order valence-corrected chi connectivity index (χ4v) is 3.47. The fourth-order valence-electron chi connectivity index (χ4n) is 2.82. The van der Waals surface area contributed by atoms with Crippen LogP contribution in [0.5, 0.6) is 11.5 Å². The number of hydrogen-bond donors (Lipinski definition) is 2. The minimum atomic E-state index is -0.674. The Morgan fingerprint density at radius 1 is 1.29 bits per heavy atom. The van der Waals surface area contributed by atoms with Gasteiger partial charge in [-0.2, -0.15) is 0 Å². The van der Waals surface area contributed by atoms with E-state index in [9.17, 15) is 9.59 Å². The maximum absolute atomic E-state index is 12.2. The molecule has 31 heavy (non-hydrogen) atoms. The van der Waals surface area contributed by atoms with Gasteiger partial charge in [0, 0.05) is 11.8 Å². The van der Waals surface area contributed by atoms with Gasteiger partial charge in [0.15, 0.2) is 22.4 Å². The molecule has 0 radical (unpaired) electrons. The third-order valence-corrected chi connectivity index (χ3v) is 5.13. The lowest BCUT2D eigenvalue weighted by Crippen LogP contribution is -2.25. The van der Waals surface area contributed by atoms with E-state index in [0.717, 1.165) is 11.8 Å². The molecular formula is C20H25N3O7S.